The standard InChI is InChI=1S/C12H18N4/c1-7(2)10-9-5-6-14-12(13)11(9)16(15-10)8(3)4/h5-8H,1-4H3,(H2,13,14). The van der Waals surface area contributed by atoms with Gasteiger partial charge in [0.1, 0.15) is 11.3 Å². The number of nitrogens with zero attached hydrogens (tertiary/aromatic N) is 3. The summed E-state index contributed by atoms with van der Waals surface area (Å²) in [5, 5.41) is 5.77. The molecule has 0 fully saturated rings. The molecule has 16 heavy (non-hydrogen) atoms. The highest BCUT2D eigenvalue weighted by atomic mass is 15.3. The molecule has 0 bridgehead atoms. The van der Waals surface area contributed by atoms with Crippen molar-refractivity contribution in [2.45, 2.75) is 39.7 Å². The molecule has 4 heteroatoms. The summed E-state index contributed by atoms with van der Waals surface area (Å²) in [6, 6.07) is 2.29. The number of nitrogens with two attached hydrogens (primary N) is 1. The number of fused-ring (bicyclic) bond motifs is 1. The van der Waals surface area contributed by atoms with Crippen molar-refractivity contribution < 1.29 is 0 Å². The summed E-state index contributed by atoms with van der Waals surface area (Å²) in [7, 11) is 0. The van der Waals surface area contributed by atoms with Crippen molar-refractivity contribution in [1.82, 2.24) is 14.8 Å². The Kier molecular flexibility index (Phi) is 2.58. The van der Waals surface area contributed by atoms with E-state index >= 15 is 0 Å². The molecule has 2 aromatic rings. The van der Waals surface area contributed by atoms with Crippen LogP contribution < -0.4 is 5.73 Å². The second-order valence-corrected chi connectivity index (χ2v) is 4.67. The lowest BCUT2D eigenvalue weighted by atomic mass is 10.1. The van der Waals surface area contributed by atoms with Gasteiger partial charge in [0.05, 0.1) is 5.69 Å². The van der Waals surface area contributed by atoms with Crippen LogP contribution in [0.2, 0.25) is 0 Å². The van der Waals surface area contributed by atoms with E-state index in [1.807, 2.05) is 10.7 Å². The molecule has 0 radical (unpaired) electrons. The van der Waals surface area contributed by atoms with Crippen LogP contribution in [0.1, 0.15) is 45.3 Å². The van der Waals surface area contributed by atoms with Crippen molar-refractivity contribution in [1.29, 1.82) is 0 Å². The van der Waals surface area contributed by atoms with E-state index in [1.54, 1.807) is 6.20 Å². The van der Waals surface area contributed by atoms with Crippen molar-refractivity contribution in [3.8, 4) is 0 Å². The van der Waals surface area contributed by atoms with Crippen LogP contribution in [0, 0.1) is 0 Å². The van der Waals surface area contributed by atoms with Crippen LogP contribution in [-0.2, 0) is 0 Å². The van der Waals surface area contributed by atoms with Gasteiger partial charge in [-0.15, -0.1) is 0 Å². The number of pyridine rings is 1. The Morgan fingerprint density at radius 3 is 2.50 bits per heavy atom. The molecule has 2 rings (SSSR count). The van der Waals surface area contributed by atoms with Gasteiger partial charge in [-0.1, -0.05) is 13.8 Å². The number of nitrogen functional groups attached to an aromatic ring is 1. The maximum absolute atomic E-state index is 5.94. The van der Waals surface area contributed by atoms with E-state index in [4.69, 9.17) is 5.73 Å². The Hall–Kier alpha value is -1.58. The molecule has 2 aromatic heterocycles. The highest BCUT2D eigenvalue weighted by Crippen LogP contribution is 2.29. The Bertz CT molecular complexity index is 511. The lowest BCUT2D eigenvalue weighted by Gasteiger charge is -2.07. The second-order valence-electron chi connectivity index (χ2n) is 4.67. The fourth-order valence-corrected chi connectivity index (χ4v) is 1.94. The van der Waals surface area contributed by atoms with Gasteiger partial charge in [-0.3, -0.25) is 4.68 Å². The average Bonchev–Trinajstić information content (AvgIpc) is 2.58. The Morgan fingerprint density at radius 2 is 1.94 bits per heavy atom. The van der Waals surface area contributed by atoms with Crippen LogP contribution in [0.4, 0.5) is 5.82 Å². The van der Waals surface area contributed by atoms with Gasteiger partial charge in [0.25, 0.3) is 0 Å². The minimum atomic E-state index is 0.293. The van der Waals surface area contributed by atoms with Gasteiger partial charge in [-0.2, -0.15) is 5.10 Å². The summed E-state index contributed by atoms with van der Waals surface area (Å²) in [5.74, 6) is 0.954. The highest BCUT2D eigenvalue weighted by molar-refractivity contribution is 5.90. The average molecular weight is 218 g/mol. The molecular formula is C12H18N4. The van der Waals surface area contributed by atoms with Crippen LogP contribution in [-0.4, -0.2) is 14.8 Å². The number of aromatic nitrogens is 3. The van der Waals surface area contributed by atoms with E-state index in [2.05, 4.69) is 37.8 Å². The lowest BCUT2D eigenvalue weighted by Crippen LogP contribution is -2.05. The molecule has 0 aliphatic carbocycles. The molecule has 4 nitrogen and oxygen atoms in total. The predicted molar refractivity (Wildman–Crippen MR) is 66.4 cm³/mol. The molecule has 2 N–H and O–H groups in total. The zero-order chi connectivity index (χ0) is 11.9. The molecule has 0 saturated carbocycles. The Labute approximate surface area is 95.5 Å². The van der Waals surface area contributed by atoms with Gasteiger partial charge in [-0.25, -0.2) is 4.98 Å². The first kappa shape index (κ1) is 10.9. The number of hydrogen-bond donors (Lipinski definition) is 1. The molecule has 0 saturated heterocycles. The normalized spacial score (nSPS) is 11.9. The van der Waals surface area contributed by atoms with E-state index in [1.165, 1.54) is 0 Å². The van der Waals surface area contributed by atoms with Gasteiger partial charge < -0.3 is 5.73 Å². The maximum atomic E-state index is 5.94. The van der Waals surface area contributed by atoms with Crippen LogP contribution in [0.3, 0.4) is 0 Å². The molecule has 86 valence electrons. The fraction of sp³-hybridized carbons (Fsp3) is 0.500. The summed E-state index contributed by atoms with van der Waals surface area (Å²) >= 11 is 0. The van der Waals surface area contributed by atoms with E-state index in [9.17, 15) is 0 Å². The SMILES string of the molecule is CC(C)c1nn(C(C)C)c2c(N)nccc12. The van der Waals surface area contributed by atoms with Crippen LogP contribution in [0.15, 0.2) is 12.3 Å². The third-order valence-electron chi connectivity index (χ3n) is 2.71. The quantitative estimate of drug-likeness (QED) is 0.843. The zero-order valence-corrected chi connectivity index (χ0v) is 10.2. The number of anilines is 1. The summed E-state index contributed by atoms with van der Waals surface area (Å²) < 4.78 is 1.97. The van der Waals surface area contributed by atoms with Crippen LogP contribution >= 0.6 is 0 Å². The minimum absolute atomic E-state index is 0.293. The molecule has 0 amide bonds. The third-order valence-corrected chi connectivity index (χ3v) is 2.71. The molecule has 0 aliphatic rings. The maximum Gasteiger partial charge on any atom is 0.149 e. The number of hydrogen-bond acceptors (Lipinski definition) is 3. The summed E-state index contributed by atoms with van der Waals surface area (Å²) in [5.41, 5.74) is 7.99. The van der Waals surface area contributed by atoms with E-state index in [-0.39, 0.29) is 0 Å². The zero-order valence-electron chi connectivity index (χ0n) is 10.2. The molecule has 2 heterocycles. The van der Waals surface area contributed by atoms with Gasteiger partial charge in [0.15, 0.2) is 0 Å². The fourth-order valence-electron chi connectivity index (χ4n) is 1.94. The van der Waals surface area contributed by atoms with E-state index in [0.29, 0.717) is 17.8 Å². The smallest absolute Gasteiger partial charge is 0.149 e. The molecule has 0 spiro atoms. The first-order chi connectivity index (χ1) is 7.52. The summed E-state index contributed by atoms with van der Waals surface area (Å²) in [4.78, 5) is 4.14. The Morgan fingerprint density at radius 1 is 1.25 bits per heavy atom. The van der Waals surface area contributed by atoms with Crippen LogP contribution in [0.25, 0.3) is 10.9 Å². The van der Waals surface area contributed by atoms with E-state index < -0.39 is 0 Å². The first-order valence-electron chi connectivity index (χ1n) is 5.65. The monoisotopic (exact) mass is 218 g/mol. The van der Waals surface area contributed by atoms with Crippen molar-refractivity contribution in [3.63, 3.8) is 0 Å². The molecule has 0 aliphatic heterocycles. The van der Waals surface area contributed by atoms with Crippen molar-refractivity contribution >= 4 is 16.7 Å². The largest absolute Gasteiger partial charge is 0.382 e. The van der Waals surface area contributed by atoms with Gasteiger partial charge in [-0.05, 0) is 25.8 Å². The van der Waals surface area contributed by atoms with Crippen molar-refractivity contribution in [2.75, 3.05) is 5.73 Å². The van der Waals surface area contributed by atoms with Gasteiger partial charge >= 0.3 is 0 Å². The second kappa shape index (κ2) is 3.77. The van der Waals surface area contributed by atoms with Crippen molar-refractivity contribution in [3.05, 3.63) is 18.0 Å². The first-order valence-corrected chi connectivity index (χ1v) is 5.65. The third kappa shape index (κ3) is 1.54. The molecule has 0 atom stereocenters. The van der Waals surface area contributed by atoms with Gasteiger partial charge in [0, 0.05) is 17.6 Å². The molecule has 0 aromatic carbocycles. The topological polar surface area (TPSA) is 56.7 Å². The van der Waals surface area contributed by atoms with Crippen LogP contribution in [0.5, 0.6) is 0 Å². The predicted octanol–water partition coefficient (Wildman–Crippen LogP) is 2.72. The van der Waals surface area contributed by atoms with Gasteiger partial charge in [0.2, 0.25) is 0 Å². The number of rotatable bonds is 2. The Balaban J connectivity index is 2.82. The van der Waals surface area contributed by atoms with Crippen molar-refractivity contribution in [2.24, 2.45) is 0 Å². The molecular weight excluding hydrogens is 200 g/mol. The minimum Gasteiger partial charge on any atom is -0.382 e. The summed E-state index contributed by atoms with van der Waals surface area (Å²) in [6.45, 7) is 8.48. The summed E-state index contributed by atoms with van der Waals surface area (Å²) in [6.07, 6.45) is 1.75. The van der Waals surface area contributed by atoms with E-state index in [0.717, 1.165) is 16.6 Å². The highest BCUT2D eigenvalue weighted by Gasteiger charge is 2.16. The lowest BCUT2D eigenvalue weighted by molar-refractivity contribution is 0.539. The molecule has 0 unspecified atom stereocenters.